The van der Waals surface area contributed by atoms with Crippen LogP contribution in [0.1, 0.15) is 40.5 Å². The summed E-state index contributed by atoms with van der Waals surface area (Å²) in [5, 5.41) is 11.7. The Morgan fingerprint density at radius 1 is 1.00 bits per heavy atom. The molecule has 2 aromatic carbocycles. The number of rotatable bonds is 7. The molecule has 0 spiro atoms. The Morgan fingerprint density at radius 3 is 1.76 bits per heavy atom. The topological polar surface area (TPSA) is 46.5 Å². The molecule has 3 nitrogen and oxygen atoms in total. The molecule has 1 unspecified atom stereocenters. The Morgan fingerprint density at radius 2 is 1.44 bits per heavy atom. The van der Waals surface area contributed by atoms with Crippen molar-refractivity contribution in [3.8, 4) is 0 Å². The van der Waals surface area contributed by atoms with Crippen molar-refractivity contribution in [2.24, 2.45) is 0 Å². The zero-order valence-corrected chi connectivity index (χ0v) is 16.5. The third-order valence-corrected chi connectivity index (χ3v) is 9.61. The molecule has 4 heteroatoms. The van der Waals surface area contributed by atoms with E-state index in [-0.39, 0.29) is 5.04 Å². The van der Waals surface area contributed by atoms with Crippen molar-refractivity contribution in [1.82, 2.24) is 0 Å². The molecule has 0 aliphatic heterocycles. The SMILES string of the molecule is CCCC(O[Si](c1ccccc1)(c1ccccc1)C(C)(C)C)C(=O)O. The average Bonchev–Trinajstić information content (AvgIpc) is 2.59. The molecule has 25 heavy (non-hydrogen) atoms. The van der Waals surface area contributed by atoms with Crippen LogP contribution in [0.3, 0.4) is 0 Å². The van der Waals surface area contributed by atoms with Gasteiger partial charge in [0.05, 0.1) is 0 Å². The van der Waals surface area contributed by atoms with E-state index >= 15 is 0 Å². The lowest BCUT2D eigenvalue weighted by Crippen LogP contribution is -2.68. The van der Waals surface area contributed by atoms with Crippen LogP contribution in [0, 0.1) is 0 Å². The normalized spacial score (nSPS) is 13.4. The molecule has 0 aliphatic rings. The van der Waals surface area contributed by atoms with Crippen LogP contribution >= 0.6 is 0 Å². The van der Waals surface area contributed by atoms with Crippen molar-refractivity contribution in [3.63, 3.8) is 0 Å². The molecule has 0 aliphatic carbocycles. The summed E-state index contributed by atoms with van der Waals surface area (Å²) >= 11 is 0. The van der Waals surface area contributed by atoms with E-state index in [9.17, 15) is 9.90 Å². The summed E-state index contributed by atoms with van der Waals surface area (Å²) in [7, 11) is -2.79. The zero-order valence-electron chi connectivity index (χ0n) is 15.5. The van der Waals surface area contributed by atoms with Crippen molar-refractivity contribution < 1.29 is 14.3 Å². The van der Waals surface area contributed by atoms with Crippen LogP contribution in [0.15, 0.2) is 60.7 Å². The molecule has 1 atom stereocenters. The van der Waals surface area contributed by atoms with Crippen LogP contribution in [-0.4, -0.2) is 25.5 Å². The number of aliphatic carboxylic acids is 1. The van der Waals surface area contributed by atoms with E-state index in [1.807, 2.05) is 43.3 Å². The summed E-state index contributed by atoms with van der Waals surface area (Å²) in [5.41, 5.74) is 0. The first-order valence-corrected chi connectivity index (χ1v) is 10.8. The van der Waals surface area contributed by atoms with Gasteiger partial charge in [-0.1, -0.05) is 94.8 Å². The molecule has 1 N–H and O–H groups in total. The van der Waals surface area contributed by atoms with Gasteiger partial charge in [0.2, 0.25) is 0 Å². The lowest BCUT2D eigenvalue weighted by Gasteiger charge is -2.44. The summed E-state index contributed by atoms with van der Waals surface area (Å²) < 4.78 is 6.62. The first kappa shape index (κ1) is 19.4. The van der Waals surface area contributed by atoms with Gasteiger partial charge in [0.1, 0.15) is 6.10 Å². The first-order valence-electron chi connectivity index (χ1n) is 8.84. The fourth-order valence-electron chi connectivity index (χ4n) is 3.40. The van der Waals surface area contributed by atoms with Gasteiger partial charge in [-0.3, -0.25) is 0 Å². The van der Waals surface area contributed by atoms with Gasteiger partial charge in [-0.2, -0.15) is 0 Å². The van der Waals surface area contributed by atoms with Gasteiger partial charge in [-0.05, 0) is 21.8 Å². The Bertz CT molecular complexity index is 638. The first-order chi connectivity index (χ1) is 11.8. The van der Waals surface area contributed by atoms with Crippen LogP contribution < -0.4 is 10.4 Å². The van der Waals surface area contributed by atoms with E-state index in [1.54, 1.807) is 0 Å². The van der Waals surface area contributed by atoms with Gasteiger partial charge in [0.15, 0.2) is 0 Å². The Hall–Kier alpha value is -1.91. The quantitative estimate of drug-likeness (QED) is 0.767. The highest BCUT2D eigenvalue weighted by atomic mass is 28.4. The molecule has 0 saturated carbocycles. The Balaban J connectivity index is 2.70. The van der Waals surface area contributed by atoms with Crippen molar-refractivity contribution >= 4 is 24.7 Å². The highest BCUT2D eigenvalue weighted by molar-refractivity contribution is 6.99. The summed E-state index contributed by atoms with van der Waals surface area (Å²) in [5.74, 6) is -0.880. The number of benzene rings is 2. The van der Waals surface area contributed by atoms with Crippen LogP contribution in [0.25, 0.3) is 0 Å². The lowest BCUT2D eigenvalue weighted by molar-refractivity contribution is -0.145. The molecule has 0 fully saturated rings. The molecule has 0 heterocycles. The number of hydrogen-bond acceptors (Lipinski definition) is 2. The minimum absolute atomic E-state index is 0.211. The van der Waals surface area contributed by atoms with Gasteiger partial charge >= 0.3 is 5.97 Å². The molecule has 0 saturated heterocycles. The number of carboxylic acid groups (broad SMARTS) is 1. The van der Waals surface area contributed by atoms with Crippen molar-refractivity contribution in [3.05, 3.63) is 60.7 Å². The number of carbonyl (C=O) groups is 1. The van der Waals surface area contributed by atoms with Gasteiger partial charge in [0.25, 0.3) is 8.32 Å². The van der Waals surface area contributed by atoms with Crippen LogP contribution in [0.2, 0.25) is 5.04 Å². The van der Waals surface area contributed by atoms with E-state index in [0.29, 0.717) is 6.42 Å². The Labute approximate surface area is 151 Å². The maximum Gasteiger partial charge on any atom is 0.331 e. The minimum atomic E-state index is -2.79. The van der Waals surface area contributed by atoms with E-state index < -0.39 is 20.4 Å². The van der Waals surface area contributed by atoms with E-state index in [2.05, 4.69) is 45.0 Å². The summed E-state index contributed by atoms with van der Waals surface area (Å²) in [4.78, 5) is 11.9. The van der Waals surface area contributed by atoms with Gasteiger partial charge in [0, 0.05) is 0 Å². The number of hydrogen-bond donors (Lipinski definition) is 1. The van der Waals surface area contributed by atoms with Crippen LogP contribution in [0.5, 0.6) is 0 Å². The van der Waals surface area contributed by atoms with Gasteiger partial charge in [-0.15, -0.1) is 0 Å². The van der Waals surface area contributed by atoms with Crippen LogP contribution in [0.4, 0.5) is 0 Å². The predicted octanol–water partition coefficient (Wildman–Crippen LogP) is 3.82. The molecule has 2 rings (SSSR count). The van der Waals surface area contributed by atoms with Gasteiger partial charge < -0.3 is 9.53 Å². The monoisotopic (exact) mass is 356 g/mol. The second kappa shape index (κ2) is 7.98. The maximum atomic E-state index is 11.9. The highest BCUT2D eigenvalue weighted by Gasteiger charge is 2.52. The second-order valence-corrected chi connectivity index (χ2v) is 11.6. The van der Waals surface area contributed by atoms with Crippen LogP contribution in [-0.2, 0) is 9.22 Å². The molecular formula is C21H28O3Si. The van der Waals surface area contributed by atoms with E-state index in [0.717, 1.165) is 16.8 Å². The highest BCUT2D eigenvalue weighted by Crippen LogP contribution is 2.37. The molecule has 0 bridgehead atoms. The lowest BCUT2D eigenvalue weighted by atomic mass is 10.2. The van der Waals surface area contributed by atoms with E-state index in [1.165, 1.54) is 0 Å². The maximum absolute atomic E-state index is 11.9. The Kier molecular flexibility index (Phi) is 6.19. The van der Waals surface area contributed by atoms with Crippen molar-refractivity contribution in [2.75, 3.05) is 0 Å². The standard InChI is InChI=1S/C21H28O3Si/c1-5-12-19(20(22)23)24-25(21(2,3)4,17-13-8-6-9-14-17)18-15-10-7-11-16-18/h6-11,13-16,19H,5,12H2,1-4H3,(H,22,23). The number of carboxylic acids is 1. The van der Waals surface area contributed by atoms with Gasteiger partial charge in [-0.25, -0.2) is 4.79 Å². The largest absolute Gasteiger partial charge is 0.479 e. The average molecular weight is 357 g/mol. The predicted molar refractivity (Wildman–Crippen MR) is 105 cm³/mol. The molecular weight excluding hydrogens is 328 g/mol. The van der Waals surface area contributed by atoms with Crippen molar-refractivity contribution in [2.45, 2.75) is 51.7 Å². The summed E-state index contributed by atoms with van der Waals surface area (Å²) in [6.45, 7) is 8.46. The third kappa shape index (κ3) is 4.02. The molecule has 2 aromatic rings. The van der Waals surface area contributed by atoms with E-state index in [4.69, 9.17) is 4.43 Å². The second-order valence-electron chi connectivity index (χ2n) is 7.40. The summed E-state index contributed by atoms with van der Waals surface area (Å²) in [6, 6.07) is 20.3. The smallest absolute Gasteiger partial charge is 0.331 e. The summed E-state index contributed by atoms with van der Waals surface area (Å²) in [6.07, 6.45) is 0.492. The third-order valence-electron chi connectivity index (χ3n) is 4.56. The van der Waals surface area contributed by atoms with Crippen molar-refractivity contribution in [1.29, 1.82) is 0 Å². The molecule has 0 amide bonds. The minimum Gasteiger partial charge on any atom is -0.479 e. The molecule has 0 aromatic heterocycles. The fraction of sp³-hybridized carbons (Fsp3) is 0.381. The molecule has 134 valence electrons. The fourth-order valence-corrected chi connectivity index (χ4v) is 8.06. The molecule has 0 radical (unpaired) electrons. The zero-order chi connectivity index (χ0) is 18.5.